The molecule has 102 valence electrons. The van der Waals surface area contributed by atoms with Gasteiger partial charge >= 0.3 is 0 Å². The predicted octanol–water partition coefficient (Wildman–Crippen LogP) is 3.35. The maximum Gasteiger partial charge on any atom is 0.227 e. The number of rotatable bonds is 2. The van der Waals surface area contributed by atoms with Gasteiger partial charge in [0.25, 0.3) is 0 Å². The second-order valence-corrected chi connectivity index (χ2v) is 5.06. The highest BCUT2D eigenvalue weighted by Gasteiger charge is 2.25. The number of aryl methyl sites for hydroxylation is 1. The third-order valence-electron chi connectivity index (χ3n) is 3.41. The molecule has 1 aliphatic heterocycles. The van der Waals surface area contributed by atoms with Crippen molar-refractivity contribution in [3.8, 4) is 0 Å². The number of aromatic nitrogens is 1. The third kappa shape index (κ3) is 2.39. The molecule has 0 N–H and O–H groups in total. The number of carbonyl (C=O) groups is 1. The molecule has 0 unspecified atom stereocenters. The summed E-state index contributed by atoms with van der Waals surface area (Å²) in [5.74, 6) is -0.372. The standard InChI is InChI=1S/C15H12ClFN2O/c16-15-11(2-1-7-18-15)9-19-13-8-12(17)5-3-10(13)4-6-14(19)20/h1-3,5,7-8H,4,6,9H2. The van der Waals surface area contributed by atoms with Crippen LogP contribution in [0.3, 0.4) is 0 Å². The fourth-order valence-electron chi connectivity index (χ4n) is 2.39. The van der Waals surface area contributed by atoms with Gasteiger partial charge in [0.1, 0.15) is 11.0 Å². The van der Waals surface area contributed by atoms with Gasteiger partial charge in [0.05, 0.1) is 12.2 Å². The van der Waals surface area contributed by atoms with Crippen LogP contribution in [0, 0.1) is 5.82 Å². The number of carbonyl (C=O) groups excluding carboxylic acids is 1. The molecule has 0 spiro atoms. The highest BCUT2D eigenvalue weighted by atomic mass is 35.5. The van der Waals surface area contributed by atoms with E-state index in [4.69, 9.17) is 11.6 Å². The molecule has 3 rings (SSSR count). The van der Waals surface area contributed by atoms with Crippen molar-refractivity contribution < 1.29 is 9.18 Å². The van der Waals surface area contributed by atoms with E-state index in [1.54, 1.807) is 23.2 Å². The first-order chi connectivity index (χ1) is 9.65. The van der Waals surface area contributed by atoms with Gasteiger partial charge in [-0.3, -0.25) is 4.79 Å². The zero-order valence-electron chi connectivity index (χ0n) is 10.6. The van der Waals surface area contributed by atoms with Crippen LogP contribution in [0.5, 0.6) is 0 Å². The summed E-state index contributed by atoms with van der Waals surface area (Å²) in [4.78, 5) is 17.7. The molecule has 0 saturated heterocycles. The monoisotopic (exact) mass is 290 g/mol. The SMILES string of the molecule is O=C1CCc2ccc(F)cc2N1Cc1cccnc1Cl. The average molecular weight is 291 g/mol. The average Bonchev–Trinajstić information content (AvgIpc) is 2.44. The number of nitrogens with zero attached hydrogens (tertiary/aromatic N) is 2. The summed E-state index contributed by atoms with van der Waals surface area (Å²) in [5.41, 5.74) is 2.35. The molecular weight excluding hydrogens is 279 g/mol. The minimum atomic E-state index is -0.347. The van der Waals surface area contributed by atoms with Crippen LogP contribution in [-0.2, 0) is 17.8 Å². The Hall–Kier alpha value is -1.94. The van der Waals surface area contributed by atoms with E-state index in [1.165, 1.54) is 12.1 Å². The predicted molar refractivity (Wildman–Crippen MR) is 75.2 cm³/mol. The van der Waals surface area contributed by atoms with Gasteiger partial charge in [0, 0.05) is 18.2 Å². The van der Waals surface area contributed by atoms with Crippen molar-refractivity contribution >= 4 is 23.2 Å². The van der Waals surface area contributed by atoms with E-state index >= 15 is 0 Å². The van der Waals surface area contributed by atoms with Crippen molar-refractivity contribution in [3.05, 3.63) is 58.6 Å². The van der Waals surface area contributed by atoms with Gasteiger partial charge in [-0.25, -0.2) is 9.37 Å². The first-order valence-corrected chi connectivity index (χ1v) is 6.71. The van der Waals surface area contributed by atoms with E-state index in [-0.39, 0.29) is 11.7 Å². The molecule has 0 fully saturated rings. The second-order valence-electron chi connectivity index (χ2n) is 4.71. The summed E-state index contributed by atoms with van der Waals surface area (Å²) in [6, 6.07) is 8.13. The van der Waals surface area contributed by atoms with Crippen molar-refractivity contribution in [1.82, 2.24) is 4.98 Å². The number of hydrogen-bond acceptors (Lipinski definition) is 2. The Bertz CT molecular complexity index is 675. The van der Waals surface area contributed by atoms with E-state index in [1.807, 2.05) is 6.07 Å². The third-order valence-corrected chi connectivity index (χ3v) is 3.75. The highest BCUT2D eigenvalue weighted by Crippen LogP contribution is 2.30. The normalized spacial score (nSPS) is 14.3. The van der Waals surface area contributed by atoms with Crippen LogP contribution in [0.1, 0.15) is 17.5 Å². The maximum absolute atomic E-state index is 13.4. The van der Waals surface area contributed by atoms with Crippen molar-refractivity contribution in [1.29, 1.82) is 0 Å². The van der Waals surface area contributed by atoms with Crippen LogP contribution in [-0.4, -0.2) is 10.9 Å². The molecule has 0 radical (unpaired) electrons. The van der Waals surface area contributed by atoms with Crippen LogP contribution >= 0.6 is 11.6 Å². The molecule has 0 bridgehead atoms. The Morgan fingerprint density at radius 1 is 1.30 bits per heavy atom. The molecule has 0 saturated carbocycles. The zero-order valence-corrected chi connectivity index (χ0v) is 11.4. The number of pyridine rings is 1. The van der Waals surface area contributed by atoms with Crippen molar-refractivity contribution in [3.63, 3.8) is 0 Å². The van der Waals surface area contributed by atoms with E-state index in [2.05, 4.69) is 4.98 Å². The summed E-state index contributed by atoms with van der Waals surface area (Å²) in [6.07, 6.45) is 2.67. The van der Waals surface area contributed by atoms with Gasteiger partial charge in [-0.15, -0.1) is 0 Å². The Morgan fingerprint density at radius 2 is 2.15 bits per heavy atom. The summed E-state index contributed by atoms with van der Waals surface area (Å²) in [6.45, 7) is 0.307. The van der Waals surface area contributed by atoms with Gasteiger partial charge in [-0.2, -0.15) is 0 Å². The first-order valence-electron chi connectivity index (χ1n) is 6.33. The Labute approximate surface area is 121 Å². The number of halogens is 2. The molecule has 5 heteroatoms. The quantitative estimate of drug-likeness (QED) is 0.795. The molecular formula is C15H12ClFN2O. The van der Waals surface area contributed by atoms with Crippen LogP contribution in [0.15, 0.2) is 36.5 Å². The Balaban J connectivity index is 1.99. The summed E-state index contributed by atoms with van der Waals surface area (Å²) >= 11 is 6.03. The lowest BCUT2D eigenvalue weighted by molar-refractivity contribution is -0.119. The molecule has 1 aromatic heterocycles. The minimum Gasteiger partial charge on any atom is -0.307 e. The number of anilines is 1. The molecule has 3 nitrogen and oxygen atoms in total. The van der Waals surface area contributed by atoms with Crippen LogP contribution < -0.4 is 4.90 Å². The topological polar surface area (TPSA) is 33.2 Å². The van der Waals surface area contributed by atoms with E-state index in [0.717, 1.165) is 11.1 Å². The number of benzene rings is 1. The summed E-state index contributed by atoms with van der Waals surface area (Å²) in [7, 11) is 0. The largest absolute Gasteiger partial charge is 0.307 e. The smallest absolute Gasteiger partial charge is 0.227 e. The van der Waals surface area contributed by atoms with Crippen molar-refractivity contribution in [2.45, 2.75) is 19.4 Å². The van der Waals surface area contributed by atoms with Gasteiger partial charge in [0.15, 0.2) is 0 Å². The van der Waals surface area contributed by atoms with Crippen molar-refractivity contribution in [2.75, 3.05) is 4.90 Å². The molecule has 1 aliphatic rings. The summed E-state index contributed by atoms with van der Waals surface area (Å²) < 4.78 is 13.4. The number of amides is 1. The van der Waals surface area contributed by atoms with E-state index in [9.17, 15) is 9.18 Å². The van der Waals surface area contributed by atoms with Crippen LogP contribution in [0.2, 0.25) is 5.15 Å². The molecule has 2 aromatic rings. The Kier molecular flexibility index (Phi) is 3.40. The molecule has 2 heterocycles. The molecule has 1 aromatic carbocycles. The molecule has 20 heavy (non-hydrogen) atoms. The molecule has 1 amide bonds. The van der Waals surface area contributed by atoms with E-state index in [0.29, 0.717) is 30.2 Å². The molecule has 0 atom stereocenters. The van der Waals surface area contributed by atoms with Crippen LogP contribution in [0.25, 0.3) is 0 Å². The van der Waals surface area contributed by atoms with Crippen LogP contribution in [0.4, 0.5) is 10.1 Å². The van der Waals surface area contributed by atoms with Gasteiger partial charge < -0.3 is 4.90 Å². The first kappa shape index (κ1) is 13.1. The zero-order chi connectivity index (χ0) is 14.1. The number of hydrogen-bond donors (Lipinski definition) is 0. The van der Waals surface area contributed by atoms with Crippen molar-refractivity contribution in [2.24, 2.45) is 0 Å². The number of fused-ring (bicyclic) bond motifs is 1. The lowest BCUT2D eigenvalue weighted by Gasteiger charge is -2.29. The molecule has 0 aliphatic carbocycles. The second kappa shape index (κ2) is 5.21. The lowest BCUT2D eigenvalue weighted by Crippen LogP contribution is -2.34. The minimum absolute atomic E-state index is 0.0250. The highest BCUT2D eigenvalue weighted by molar-refractivity contribution is 6.30. The maximum atomic E-state index is 13.4. The fraction of sp³-hybridized carbons (Fsp3) is 0.200. The van der Waals surface area contributed by atoms with Gasteiger partial charge in [-0.05, 0) is 30.2 Å². The lowest BCUT2D eigenvalue weighted by atomic mass is 10.0. The van der Waals surface area contributed by atoms with Gasteiger partial charge in [-0.1, -0.05) is 23.7 Å². The van der Waals surface area contributed by atoms with E-state index < -0.39 is 0 Å². The summed E-state index contributed by atoms with van der Waals surface area (Å²) in [5, 5.41) is 0.365. The van der Waals surface area contributed by atoms with Gasteiger partial charge in [0.2, 0.25) is 5.91 Å². The Morgan fingerprint density at radius 3 is 2.95 bits per heavy atom. The fourth-order valence-corrected chi connectivity index (χ4v) is 2.57.